The number of hydrogen-bond donors (Lipinski definition) is 1. The summed E-state index contributed by atoms with van der Waals surface area (Å²) in [6.07, 6.45) is -3.59. The molecule has 0 atom stereocenters. The summed E-state index contributed by atoms with van der Waals surface area (Å²) >= 11 is 5.39. The number of aliphatic carboxylic acids is 1. The Morgan fingerprint density at radius 1 is 1.56 bits per heavy atom. The summed E-state index contributed by atoms with van der Waals surface area (Å²) in [5, 5.41) is 8.51. The average Bonchev–Trinajstić information content (AvgIpc) is 2.16. The van der Waals surface area contributed by atoms with Gasteiger partial charge in [-0.05, 0) is 0 Å². The van der Waals surface area contributed by atoms with Crippen LogP contribution in [0.25, 0.3) is 0 Å². The van der Waals surface area contributed by atoms with Crippen LogP contribution >= 0.6 is 11.6 Å². The lowest BCUT2D eigenvalue weighted by atomic mass is 10.1. The Bertz CT molecular complexity index is 412. The third-order valence-electron chi connectivity index (χ3n) is 1.85. The zero-order valence-electron chi connectivity index (χ0n) is 7.88. The number of alkyl halides is 3. The summed E-state index contributed by atoms with van der Waals surface area (Å²) in [5.74, 6) is -2.56. The van der Waals surface area contributed by atoms with Crippen LogP contribution in [0.15, 0.2) is 6.07 Å². The topological polar surface area (TPSA) is 50.2 Å². The van der Waals surface area contributed by atoms with Gasteiger partial charge >= 0.3 is 5.97 Å². The van der Waals surface area contributed by atoms with Crippen molar-refractivity contribution in [1.29, 1.82) is 0 Å². The number of hydrogen-bond acceptors (Lipinski definition) is 2. The van der Waals surface area contributed by atoms with Gasteiger partial charge in [-0.1, -0.05) is 0 Å². The molecule has 1 aromatic heterocycles. The van der Waals surface area contributed by atoms with Crippen LogP contribution in [-0.2, 0) is 17.1 Å². The Labute approximate surface area is 93.9 Å². The lowest BCUT2D eigenvalue weighted by Crippen LogP contribution is -2.09. The molecule has 1 heterocycles. The van der Waals surface area contributed by atoms with Crippen LogP contribution in [-0.4, -0.2) is 16.1 Å². The molecule has 0 aliphatic heterocycles. The molecule has 0 saturated heterocycles. The van der Waals surface area contributed by atoms with Crippen molar-refractivity contribution in [3.05, 3.63) is 28.8 Å². The van der Waals surface area contributed by atoms with E-state index in [9.17, 15) is 18.0 Å². The molecule has 0 spiro atoms. The van der Waals surface area contributed by atoms with Crippen LogP contribution in [0.1, 0.15) is 23.4 Å². The summed E-state index contributed by atoms with van der Waals surface area (Å²) in [6.45, 7) is 0. The molecule has 0 fully saturated rings. The molecule has 0 unspecified atom stereocenters. The summed E-state index contributed by atoms with van der Waals surface area (Å²) in [5.41, 5.74) is -1.21. The molecule has 1 rings (SSSR count). The lowest BCUT2D eigenvalue weighted by Gasteiger charge is -2.08. The molecule has 0 bridgehead atoms. The maximum Gasteiger partial charge on any atom is 0.309 e. The largest absolute Gasteiger partial charge is 0.481 e. The number of nitrogens with zero attached hydrogens (tertiary/aromatic N) is 1. The van der Waals surface area contributed by atoms with Crippen molar-refractivity contribution >= 4 is 17.6 Å². The second-order valence-corrected chi connectivity index (χ2v) is 3.23. The van der Waals surface area contributed by atoms with Gasteiger partial charge in [0.2, 0.25) is 0 Å². The second kappa shape index (κ2) is 5.16. The van der Waals surface area contributed by atoms with Crippen LogP contribution in [0.3, 0.4) is 0 Å². The smallest absolute Gasteiger partial charge is 0.309 e. The van der Waals surface area contributed by atoms with Gasteiger partial charge in [-0.15, -0.1) is 11.6 Å². The van der Waals surface area contributed by atoms with Crippen molar-refractivity contribution in [2.45, 2.75) is 18.7 Å². The van der Waals surface area contributed by atoms with E-state index in [0.717, 1.165) is 0 Å². The van der Waals surface area contributed by atoms with Gasteiger partial charge in [0.1, 0.15) is 11.5 Å². The Hall–Kier alpha value is -1.30. The van der Waals surface area contributed by atoms with Crippen molar-refractivity contribution in [2.24, 2.45) is 0 Å². The van der Waals surface area contributed by atoms with Gasteiger partial charge in [-0.3, -0.25) is 9.78 Å². The van der Waals surface area contributed by atoms with E-state index in [1.807, 2.05) is 0 Å². The standard InChI is InChI=1S/C9H7ClF3NO2/c10-3-4-5(11)1-7(9(12)13)14-6(4)2-8(15)16/h1,9H,2-3H2,(H,15,16). The molecule has 7 heteroatoms. The van der Waals surface area contributed by atoms with Gasteiger partial charge in [0.15, 0.2) is 0 Å². The van der Waals surface area contributed by atoms with E-state index >= 15 is 0 Å². The highest BCUT2D eigenvalue weighted by atomic mass is 35.5. The van der Waals surface area contributed by atoms with E-state index in [2.05, 4.69) is 4.98 Å². The maximum absolute atomic E-state index is 13.3. The molecule has 16 heavy (non-hydrogen) atoms. The molecular weight excluding hydrogens is 247 g/mol. The number of rotatable bonds is 4. The number of carboxylic acids is 1. The monoisotopic (exact) mass is 253 g/mol. The molecule has 1 aromatic rings. The first kappa shape index (κ1) is 12.8. The van der Waals surface area contributed by atoms with E-state index in [0.29, 0.717) is 6.07 Å². The molecule has 0 amide bonds. The van der Waals surface area contributed by atoms with Gasteiger partial charge in [0.05, 0.1) is 18.0 Å². The number of carboxylic acid groups (broad SMARTS) is 1. The van der Waals surface area contributed by atoms with Gasteiger partial charge < -0.3 is 5.11 Å². The summed E-state index contributed by atoms with van der Waals surface area (Å²) in [6, 6.07) is 0.563. The first-order valence-electron chi connectivity index (χ1n) is 4.19. The van der Waals surface area contributed by atoms with Crippen molar-refractivity contribution in [3.8, 4) is 0 Å². The highest BCUT2D eigenvalue weighted by molar-refractivity contribution is 6.17. The van der Waals surface area contributed by atoms with Crippen molar-refractivity contribution in [2.75, 3.05) is 0 Å². The van der Waals surface area contributed by atoms with Crippen molar-refractivity contribution in [3.63, 3.8) is 0 Å². The highest BCUT2D eigenvalue weighted by Gasteiger charge is 2.18. The Balaban J connectivity index is 3.24. The molecular formula is C9H7ClF3NO2. The number of aromatic nitrogens is 1. The van der Waals surface area contributed by atoms with Crippen molar-refractivity contribution in [1.82, 2.24) is 4.98 Å². The second-order valence-electron chi connectivity index (χ2n) is 2.96. The molecule has 0 aromatic carbocycles. The van der Waals surface area contributed by atoms with E-state index in [-0.39, 0.29) is 17.1 Å². The van der Waals surface area contributed by atoms with Gasteiger partial charge in [-0.25, -0.2) is 13.2 Å². The third kappa shape index (κ3) is 2.85. The number of carbonyl (C=O) groups is 1. The maximum atomic E-state index is 13.3. The van der Waals surface area contributed by atoms with E-state index in [1.54, 1.807) is 0 Å². The summed E-state index contributed by atoms with van der Waals surface area (Å²) < 4.78 is 37.9. The van der Waals surface area contributed by atoms with E-state index < -0.39 is 30.3 Å². The SMILES string of the molecule is O=C(O)Cc1nc(C(F)F)cc(F)c1CCl. The zero-order valence-corrected chi connectivity index (χ0v) is 8.64. The molecule has 88 valence electrons. The highest BCUT2D eigenvalue weighted by Crippen LogP contribution is 2.22. The fraction of sp³-hybridized carbons (Fsp3) is 0.333. The van der Waals surface area contributed by atoms with Crippen LogP contribution < -0.4 is 0 Å². The van der Waals surface area contributed by atoms with Gasteiger partial charge in [-0.2, -0.15) is 0 Å². The summed E-state index contributed by atoms with van der Waals surface area (Å²) in [7, 11) is 0. The molecule has 0 aliphatic rings. The van der Waals surface area contributed by atoms with Crippen molar-refractivity contribution < 1.29 is 23.1 Å². The fourth-order valence-corrected chi connectivity index (χ4v) is 1.43. The van der Waals surface area contributed by atoms with Crippen LogP contribution in [0.2, 0.25) is 0 Å². The minimum Gasteiger partial charge on any atom is -0.481 e. The molecule has 3 nitrogen and oxygen atoms in total. The van der Waals surface area contributed by atoms with Crippen LogP contribution in [0.4, 0.5) is 13.2 Å². The minimum atomic E-state index is -2.95. The average molecular weight is 254 g/mol. The quantitative estimate of drug-likeness (QED) is 0.839. The molecule has 0 saturated carbocycles. The molecule has 1 N–H and O–H groups in total. The summed E-state index contributed by atoms with van der Waals surface area (Å²) in [4.78, 5) is 13.8. The predicted octanol–water partition coefficient (Wildman–Crippen LogP) is 2.52. The first-order chi connectivity index (χ1) is 7.45. The normalized spacial score (nSPS) is 10.8. The Morgan fingerprint density at radius 3 is 2.62 bits per heavy atom. The Kier molecular flexibility index (Phi) is 4.12. The third-order valence-corrected chi connectivity index (χ3v) is 2.12. The number of pyridine rings is 1. The Morgan fingerprint density at radius 2 is 2.19 bits per heavy atom. The first-order valence-corrected chi connectivity index (χ1v) is 4.73. The zero-order chi connectivity index (χ0) is 12.3. The molecule has 0 aliphatic carbocycles. The minimum absolute atomic E-state index is 0.159. The lowest BCUT2D eigenvalue weighted by molar-refractivity contribution is -0.136. The van der Waals surface area contributed by atoms with E-state index in [1.165, 1.54) is 0 Å². The predicted molar refractivity (Wildman–Crippen MR) is 50.0 cm³/mol. The number of halogens is 4. The fourth-order valence-electron chi connectivity index (χ4n) is 1.15. The van der Waals surface area contributed by atoms with Crippen LogP contribution in [0, 0.1) is 5.82 Å². The van der Waals surface area contributed by atoms with Gasteiger partial charge in [0.25, 0.3) is 6.43 Å². The van der Waals surface area contributed by atoms with E-state index in [4.69, 9.17) is 16.7 Å². The molecule has 0 radical (unpaired) electrons. The van der Waals surface area contributed by atoms with Crippen LogP contribution in [0.5, 0.6) is 0 Å². The van der Waals surface area contributed by atoms with Gasteiger partial charge in [0, 0.05) is 11.6 Å².